The molecule has 0 atom stereocenters. The van der Waals surface area contributed by atoms with Gasteiger partial charge in [-0.2, -0.15) is 5.10 Å². The van der Waals surface area contributed by atoms with Crippen molar-refractivity contribution in [2.24, 2.45) is 12.1 Å². The molecule has 0 saturated heterocycles. The van der Waals surface area contributed by atoms with E-state index in [1.54, 1.807) is 18.3 Å². The number of carbonyl (C=O) groups excluding carboxylic acids is 1. The fourth-order valence-corrected chi connectivity index (χ4v) is 3.76. The van der Waals surface area contributed by atoms with Gasteiger partial charge in [0.15, 0.2) is 5.16 Å². The largest absolute Gasteiger partial charge is 0.350 e. The van der Waals surface area contributed by atoms with Crippen molar-refractivity contribution < 1.29 is 4.79 Å². The molecule has 0 bridgehead atoms. The van der Waals surface area contributed by atoms with E-state index in [0.717, 1.165) is 5.69 Å². The summed E-state index contributed by atoms with van der Waals surface area (Å²) in [6, 6.07) is 20.3. The molecule has 0 spiro atoms. The lowest BCUT2D eigenvalue weighted by Gasteiger charge is -2.12. The van der Waals surface area contributed by atoms with E-state index < -0.39 is 0 Å². The summed E-state index contributed by atoms with van der Waals surface area (Å²) >= 11 is 1.19. The SMILES string of the molecule is Cn1cccc1/C=N/NC(=O)CSc1nc2ccccc2c(=O)n1-c1ccccc1. The molecule has 7 nitrogen and oxygen atoms in total. The molecular formula is C22H19N5O2S. The second-order valence-corrected chi connectivity index (χ2v) is 7.46. The number of aryl methyl sites for hydroxylation is 1. The summed E-state index contributed by atoms with van der Waals surface area (Å²) < 4.78 is 3.43. The van der Waals surface area contributed by atoms with Gasteiger partial charge in [0.2, 0.25) is 0 Å². The minimum Gasteiger partial charge on any atom is -0.350 e. The lowest BCUT2D eigenvalue weighted by Crippen LogP contribution is -2.24. The Balaban J connectivity index is 1.57. The van der Waals surface area contributed by atoms with Crippen molar-refractivity contribution in [1.82, 2.24) is 19.5 Å². The molecule has 150 valence electrons. The molecule has 1 N–H and O–H groups in total. The van der Waals surface area contributed by atoms with E-state index >= 15 is 0 Å². The van der Waals surface area contributed by atoms with Gasteiger partial charge in [0.1, 0.15) is 0 Å². The van der Waals surface area contributed by atoms with Crippen molar-refractivity contribution in [2.75, 3.05) is 5.75 Å². The molecule has 0 fully saturated rings. The van der Waals surface area contributed by atoms with Gasteiger partial charge in [0.25, 0.3) is 11.5 Å². The van der Waals surface area contributed by atoms with Gasteiger partial charge in [0.05, 0.1) is 34.3 Å². The molecule has 1 amide bonds. The standard InChI is InChI=1S/C22H19N5O2S/c1-26-13-7-10-17(26)14-23-25-20(28)15-30-22-24-19-12-6-5-11-18(19)21(29)27(22)16-8-3-2-4-9-16/h2-14H,15H2,1H3,(H,25,28)/b23-14+. The zero-order valence-electron chi connectivity index (χ0n) is 16.2. The average molecular weight is 417 g/mol. The highest BCUT2D eigenvalue weighted by molar-refractivity contribution is 7.99. The molecule has 2 heterocycles. The molecule has 0 aliphatic carbocycles. The highest BCUT2D eigenvalue weighted by atomic mass is 32.2. The zero-order valence-corrected chi connectivity index (χ0v) is 17.0. The first kappa shape index (κ1) is 19.7. The molecule has 0 aliphatic rings. The molecule has 8 heteroatoms. The van der Waals surface area contributed by atoms with Crippen LogP contribution < -0.4 is 11.0 Å². The van der Waals surface area contributed by atoms with Gasteiger partial charge in [-0.25, -0.2) is 10.4 Å². The number of carbonyl (C=O) groups is 1. The van der Waals surface area contributed by atoms with Crippen LogP contribution in [0.2, 0.25) is 0 Å². The fraction of sp³-hybridized carbons (Fsp3) is 0.0909. The topological polar surface area (TPSA) is 81.3 Å². The number of rotatable bonds is 6. The van der Waals surface area contributed by atoms with Crippen LogP contribution in [0.25, 0.3) is 16.6 Å². The maximum absolute atomic E-state index is 13.1. The summed E-state index contributed by atoms with van der Waals surface area (Å²) in [5, 5.41) is 4.97. The number of hydrazone groups is 1. The predicted molar refractivity (Wildman–Crippen MR) is 119 cm³/mol. The molecule has 4 rings (SSSR count). The van der Waals surface area contributed by atoms with Crippen LogP contribution in [0.1, 0.15) is 5.69 Å². The predicted octanol–water partition coefficient (Wildman–Crippen LogP) is 2.97. The van der Waals surface area contributed by atoms with Gasteiger partial charge in [0, 0.05) is 13.2 Å². The number of nitrogens with one attached hydrogen (secondary N) is 1. The van der Waals surface area contributed by atoms with Crippen LogP contribution in [0.3, 0.4) is 0 Å². The molecular weight excluding hydrogens is 398 g/mol. The molecule has 4 aromatic rings. The Morgan fingerprint density at radius 3 is 2.63 bits per heavy atom. The molecule has 30 heavy (non-hydrogen) atoms. The quantitative estimate of drug-likeness (QED) is 0.226. The number of hydrogen-bond donors (Lipinski definition) is 1. The Morgan fingerprint density at radius 2 is 1.87 bits per heavy atom. The molecule has 2 aromatic heterocycles. The number of aromatic nitrogens is 3. The van der Waals surface area contributed by atoms with E-state index in [9.17, 15) is 9.59 Å². The Bertz CT molecular complexity index is 1280. The van der Waals surface area contributed by atoms with Crippen molar-refractivity contribution in [3.05, 3.63) is 89.0 Å². The Labute approximate surface area is 177 Å². The number of hydrogen-bond acceptors (Lipinski definition) is 5. The summed E-state index contributed by atoms with van der Waals surface area (Å²) in [7, 11) is 1.90. The number of thioether (sulfide) groups is 1. The Hall–Kier alpha value is -3.65. The summed E-state index contributed by atoms with van der Waals surface area (Å²) in [5.74, 6) is -0.213. The maximum Gasteiger partial charge on any atom is 0.266 e. The average Bonchev–Trinajstić information content (AvgIpc) is 3.17. The minimum absolute atomic E-state index is 0.0715. The van der Waals surface area contributed by atoms with E-state index in [2.05, 4.69) is 15.5 Å². The molecule has 0 aliphatic heterocycles. The fourth-order valence-electron chi connectivity index (χ4n) is 2.96. The summed E-state index contributed by atoms with van der Waals surface area (Å²) in [6.07, 6.45) is 3.48. The first-order valence-corrected chi connectivity index (χ1v) is 10.3. The third-order valence-electron chi connectivity index (χ3n) is 4.46. The normalized spacial score (nSPS) is 11.2. The monoisotopic (exact) mass is 417 g/mol. The van der Waals surface area contributed by atoms with Gasteiger partial charge in [-0.1, -0.05) is 42.1 Å². The Morgan fingerprint density at radius 1 is 1.10 bits per heavy atom. The van der Waals surface area contributed by atoms with Crippen molar-refractivity contribution in [3.63, 3.8) is 0 Å². The maximum atomic E-state index is 13.1. The van der Waals surface area contributed by atoms with E-state index in [0.29, 0.717) is 21.7 Å². The van der Waals surface area contributed by atoms with Crippen LogP contribution in [-0.4, -0.2) is 32.0 Å². The van der Waals surface area contributed by atoms with Crippen LogP contribution in [0.5, 0.6) is 0 Å². The third kappa shape index (κ3) is 4.18. The van der Waals surface area contributed by atoms with Crippen LogP contribution in [-0.2, 0) is 11.8 Å². The number of amides is 1. The lowest BCUT2D eigenvalue weighted by atomic mass is 10.2. The van der Waals surface area contributed by atoms with Crippen molar-refractivity contribution in [2.45, 2.75) is 5.16 Å². The van der Waals surface area contributed by atoms with Gasteiger partial charge in [-0.05, 0) is 36.4 Å². The van der Waals surface area contributed by atoms with E-state index in [-0.39, 0.29) is 17.2 Å². The van der Waals surface area contributed by atoms with Gasteiger partial charge in [-0.3, -0.25) is 14.2 Å². The second-order valence-electron chi connectivity index (χ2n) is 6.51. The van der Waals surface area contributed by atoms with Gasteiger partial charge < -0.3 is 4.57 Å². The first-order chi connectivity index (χ1) is 14.6. The third-order valence-corrected chi connectivity index (χ3v) is 5.40. The highest BCUT2D eigenvalue weighted by Gasteiger charge is 2.14. The molecule has 0 unspecified atom stereocenters. The Kier molecular flexibility index (Phi) is 5.76. The van der Waals surface area contributed by atoms with Crippen LogP contribution in [0.4, 0.5) is 0 Å². The van der Waals surface area contributed by atoms with Crippen molar-refractivity contribution in [3.8, 4) is 5.69 Å². The number of benzene rings is 2. The van der Waals surface area contributed by atoms with Crippen LogP contribution >= 0.6 is 11.8 Å². The van der Waals surface area contributed by atoms with Crippen LogP contribution in [0.15, 0.2) is 88.0 Å². The van der Waals surface area contributed by atoms with Gasteiger partial charge in [-0.15, -0.1) is 0 Å². The number of para-hydroxylation sites is 2. The molecule has 2 aromatic carbocycles. The van der Waals surface area contributed by atoms with Crippen LogP contribution in [0, 0.1) is 0 Å². The zero-order chi connectivity index (χ0) is 20.9. The second kappa shape index (κ2) is 8.79. The minimum atomic E-state index is -0.285. The first-order valence-electron chi connectivity index (χ1n) is 9.27. The van der Waals surface area contributed by atoms with E-state index in [4.69, 9.17) is 0 Å². The highest BCUT2D eigenvalue weighted by Crippen LogP contribution is 2.21. The van der Waals surface area contributed by atoms with Gasteiger partial charge >= 0.3 is 0 Å². The van der Waals surface area contributed by atoms with E-state index in [1.807, 2.05) is 72.4 Å². The number of nitrogens with zero attached hydrogens (tertiary/aromatic N) is 4. The summed E-state index contributed by atoms with van der Waals surface area (Å²) in [6.45, 7) is 0. The van der Waals surface area contributed by atoms with Crippen molar-refractivity contribution in [1.29, 1.82) is 0 Å². The molecule has 0 saturated carbocycles. The van der Waals surface area contributed by atoms with E-state index in [1.165, 1.54) is 16.3 Å². The molecule has 0 radical (unpaired) electrons. The summed E-state index contributed by atoms with van der Waals surface area (Å²) in [4.78, 5) is 30.0. The smallest absolute Gasteiger partial charge is 0.266 e. The summed E-state index contributed by atoms with van der Waals surface area (Å²) in [5.41, 5.74) is 4.51. The van der Waals surface area contributed by atoms with Crippen molar-refractivity contribution >= 4 is 34.8 Å². The lowest BCUT2D eigenvalue weighted by molar-refractivity contribution is -0.118. The number of fused-ring (bicyclic) bond motifs is 1.